The molecule has 0 aliphatic carbocycles. The molecule has 8 heavy (non-hydrogen) atoms. The van der Waals surface area contributed by atoms with Gasteiger partial charge in [0.05, 0.1) is 0 Å². The molecular weight excluding hydrogens is 454 g/mol. The van der Waals surface area contributed by atoms with Crippen molar-refractivity contribution in [2.24, 2.45) is 0 Å². The van der Waals surface area contributed by atoms with E-state index in [4.69, 9.17) is 0 Å². The van der Waals surface area contributed by atoms with Crippen LogP contribution in [-0.2, 0) is 119 Å². The molecule has 0 fully saturated rings. The Kier molecular flexibility index (Phi) is 854. The van der Waals surface area contributed by atoms with Gasteiger partial charge in [-0.2, -0.15) is 0 Å². The molecule has 81 valence electrons. The van der Waals surface area contributed by atoms with Gasteiger partial charge < -0.3 is 0 Å². The minimum Gasteiger partial charge on any atom is 0 e. The van der Waals surface area contributed by atoms with E-state index < -0.39 is 0 Å². The van der Waals surface area contributed by atoms with Crippen molar-refractivity contribution in [2.75, 3.05) is 0 Å². The molecule has 0 atom stereocenters. The van der Waals surface area contributed by atoms with Gasteiger partial charge in [0, 0.05) is 119 Å². The van der Waals surface area contributed by atoms with E-state index in [1.54, 1.807) is 0 Å². The first-order chi connectivity index (χ1) is 0. The number of hydrogen-bond acceptors (Lipinski definition) is 0. The summed E-state index contributed by atoms with van der Waals surface area (Å²) in [4.78, 5) is 0. The summed E-state index contributed by atoms with van der Waals surface area (Å²) in [6.07, 6.45) is 0. The van der Waals surface area contributed by atoms with Crippen LogP contribution in [0.3, 0.4) is 0 Å². The van der Waals surface area contributed by atoms with Crippen LogP contribution in [0.1, 0.15) is 0 Å². The zero-order chi connectivity index (χ0) is 0. The van der Waals surface area contributed by atoms with Crippen LogP contribution in [0.4, 0.5) is 0 Å². The van der Waals surface area contributed by atoms with Gasteiger partial charge in [0.25, 0.3) is 0 Å². The molecule has 0 amide bonds. The minimum absolute atomic E-state index is 0. The van der Waals surface area contributed by atoms with Gasteiger partial charge in [0.2, 0.25) is 0 Å². The second-order valence-electron chi connectivity index (χ2n) is 0. The van der Waals surface area contributed by atoms with E-state index in [0.717, 1.165) is 0 Å². The van der Waals surface area contributed by atoms with Gasteiger partial charge in [-0.1, -0.05) is 0 Å². The largest absolute Gasteiger partial charge is 0 e. The quantitative estimate of drug-likeness (QED) is 0.414. The fourth-order valence-electron chi connectivity index (χ4n) is 0. The average Bonchev–Trinajstić information content (AvgIpc) is 0. The summed E-state index contributed by atoms with van der Waals surface area (Å²) in [5.74, 6) is 0. The molecule has 0 aliphatic heterocycles. The van der Waals surface area contributed by atoms with Gasteiger partial charge in [-0.25, -0.2) is 0 Å². The van der Waals surface area contributed by atoms with Crippen molar-refractivity contribution < 1.29 is 119 Å². The zero-order valence-electron chi connectivity index (χ0n) is 2.11. The van der Waals surface area contributed by atoms with Gasteiger partial charge in [0.15, 0.2) is 0 Å². The van der Waals surface area contributed by atoms with Gasteiger partial charge in [0.1, 0.15) is 0 Å². The molecule has 7 radical (unpaired) electrons. The van der Waals surface area contributed by atoms with Gasteiger partial charge >= 0.3 is 10.1 Å². The molecule has 0 unspecified atom stereocenters. The van der Waals surface area contributed by atoms with Crippen LogP contribution in [-0.4, -0.2) is 10.1 Å². The second kappa shape index (κ2) is 71.7. The van der Waals surface area contributed by atoms with Crippen molar-refractivity contribution in [2.45, 2.75) is 0 Å². The summed E-state index contributed by atoms with van der Waals surface area (Å²) in [6, 6.07) is 0. The fourth-order valence-corrected chi connectivity index (χ4v) is 0. The van der Waals surface area contributed by atoms with Crippen LogP contribution < -0.4 is 0 Å². The van der Waals surface area contributed by atoms with E-state index in [9.17, 15) is 0 Å². The molecular formula is H2BeCu7. The minimum atomic E-state index is 0. The first kappa shape index (κ1) is 95.2. The maximum atomic E-state index is 0. The average molecular weight is 456 g/mol. The summed E-state index contributed by atoms with van der Waals surface area (Å²) in [6.45, 7) is 0. The molecule has 0 heterocycles. The standard InChI is InChI=1S/Be.7Cu.2H. The van der Waals surface area contributed by atoms with Gasteiger partial charge in [-0.15, -0.1) is 0 Å². The first-order valence-corrected chi connectivity index (χ1v) is 0. The van der Waals surface area contributed by atoms with Crippen LogP contribution in [0.15, 0.2) is 0 Å². The Morgan fingerprint density at radius 2 is 0.250 bits per heavy atom. The molecule has 0 saturated heterocycles. The van der Waals surface area contributed by atoms with Crippen molar-refractivity contribution in [3.8, 4) is 0 Å². The predicted molar refractivity (Wildman–Crippen MR) is 8.54 cm³/mol. The molecule has 0 aromatic carbocycles. The second-order valence-corrected chi connectivity index (χ2v) is 0. The Morgan fingerprint density at radius 1 is 0.250 bits per heavy atom. The van der Waals surface area contributed by atoms with E-state index in [2.05, 4.69) is 0 Å². The van der Waals surface area contributed by atoms with E-state index in [1.165, 1.54) is 0 Å². The van der Waals surface area contributed by atoms with Crippen molar-refractivity contribution in [3.05, 3.63) is 0 Å². The fraction of sp³-hybridized carbons (Fsp3) is 0. The van der Waals surface area contributed by atoms with Crippen LogP contribution in [0.2, 0.25) is 0 Å². The summed E-state index contributed by atoms with van der Waals surface area (Å²) >= 11 is 0. The smallest absolute Gasteiger partial charge is 0 e. The van der Waals surface area contributed by atoms with E-state index >= 15 is 0 Å². The van der Waals surface area contributed by atoms with Crippen molar-refractivity contribution >= 4 is 10.1 Å². The van der Waals surface area contributed by atoms with Crippen LogP contribution in [0.25, 0.3) is 0 Å². The van der Waals surface area contributed by atoms with E-state index in [0.29, 0.717) is 0 Å². The van der Waals surface area contributed by atoms with Gasteiger partial charge in [-0.3, -0.25) is 0 Å². The topological polar surface area (TPSA) is 0 Å². The number of hydrogen-bond donors (Lipinski definition) is 0. The Labute approximate surface area is 128 Å². The molecule has 0 spiro atoms. The third-order valence-electron chi connectivity index (χ3n) is 0. The third-order valence-corrected chi connectivity index (χ3v) is 0. The molecule has 0 nitrogen and oxygen atoms in total. The molecule has 0 bridgehead atoms. The van der Waals surface area contributed by atoms with Crippen LogP contribution in [0, 0.1) is 0 Å². The summed E-state index contributed by atoms with van der Waals surface area (Å²) in [5, 5.41) is 0. The summed E-state index contributed by atoms with van der Waals surface area (Å²) in [7, 11) is 0. The van der Waals surface area contributed by atoms with E-state index in [-0.39, 0.29) is 130 Å². The SMILES string of the molecule is [BeH2].[Cu].[Cu].[Cu].[Cu].[Cu].[Cu].[Cu]. The van der Waals surface area contributed by atoms with Crippen molar-refractivity contribution in [1.82, 2.24) is 0 Å². The zero-order valence-corrected chi connectivity index (χ0v) is 8.70. The molecule has 8 heteroatoms. The van der Waals surface area contributed by atoms with Crippen LogP contribution in [0.5, 0.6) is 0 Å². The van der Waals surface area contributed by atoms with Crippen molar-refractivity contribution in [3.63, 3.8) is 0 Å². The predicted octanol–water partition coefficient (Wildman–Crippen LogP) is -0.934. The molecule has 0 aromatic rings. The maximum Gasteiger partial charge on any atom is 0 e. The molecule has 0 N–H and O–H groups in total. The third kappa shape index (κ3) is 52.5. The Morgan fingerprint density at radius 3 is 0.250 bits per heavy atom. The number of rotatable bonds is 0. The van der Waals surface area contributed by atoms with E-state index in [1.807, 2.05) is 0 Å². The molecule has 0 saturated carbocycles. The Balaban J connectivity index is 0. The summed E-state index contributed by atoms with van der Waals surface area (Å²) in [5.41, 5.74) is 0. The Bertz CT molecular complexity index is 4.35. The van der Waals surface area contributed by atoms with Crippen molar-refractivity contribution in [1.29, 1.82) is 0 Å². The molecule has 0 aromatic heterocycles. The van der Waals surface area contributed by atoms with Crippen LogP contribution >= 0.6 is 0 Å². The monoisotopic (exact) mass is 452 g/mol. The maximum absolute atomic E-state index is 0. The normalized spacial score (nSPS) is 0. The van der Waals surface area contributed by atoms with Gasteiger partial charge in [-0.05, 0) is 0 Å². The summed E-state index contributed by atoms with van der Waals surface area (Å²) < 4.78 is 0. The first-order valence-electron chi connectivity index (χ1n) is 0. The molecule has 0 rings (SSSR count). The molecule has 0 aliphatic rings. The Hall–Kier alpha value is 3.81.